The predicted octanol–water partition coefficient (Wildman–Crippen LogP) is 0.872. The number of aliphatic hydroxyl groups is 1. The van der Waals surface area contributed by atoms with E-state index < -0.39 is 24.1 Å². The van der Waals surface area contributed by atoms with Gasteiger partial charge in [-0.05, 0) is 6.92 Å². The van der Waals surface area contributed by atoms with Crippen molar-refractivity contribution in [3.8, 4) is 0 Å². The molecule has 10 heteroatoms. The number of halogens is 2. The smallest absolute Gasteiger partial charge is 0.224 e. The van der Waals surface area contributed by atoms with E-state index in [0.717, 1.165) is 0 Å². The van der Waals surface area contributed by atoms with E-state index in [0.29, 0.717) is 21.4 Å². The summed E-state index contributed by atoms with van der Waals surface area (Å²) < 4.78 is 22.6. The second-order valence-corrected chi connectivity index (χ2v) is 6.16. The Labute approximate surface area is 139 Å². The Morgan fingerprint density at radius 3 is 2.91 bits per heavy atom. The summed E-state index contributed by atoms with van der Waals surface area (Å²) in [6, 6.07) is 0. The van der Waals surface area contributed by atoms with Crippen LogP contribution in [-0.4, -0.2) is 54.0 Å². The molecular weight excluding hydrogens is 406 g/mol. The highest BCUT2D eigenvalue weighted by atomic mass is 127. The molecule has 2 aromatic heterocycles. The summed E-state index contributed by atoms with van der Waals surface area (Å²) in [5.41, 5.74) is 4.53. The number of aliphatic hydroxyl groups excluding tert-OH is 1. The van der Waals surface area contributed by atoms with Gasteiger partial charge in [0.1, 0.15) is 6.10 Å². The molecule has 0 saturated carbocycles. The van der Waals surface area contributed by atoms with Gasteiger partial charge in [-0.15, -0.1) is 0 Å². The molecule has 4 N–H and O–H groups in total. The summed E-state index contributed by atoms with van der Waals surface area (Å²) in [7, 11) is 1.68. The Kier molecular flexibility index (Phi) is 3.85. The highest BCUT2D eigenvalue weighted by molar-refractivity contribution is 14.1. The van der Waals surface area contributed by atoms with Crippen molar-refractivity contribution in [2.45, 2.75) is 31.0 Å². The van der Waals surface area contributed by atoms with Crippen molar-refractivity contribution < 1.29 is 14.2 Å². The maximum atomic E-state index is 15.0. The van der Waals surface area contributed by atoms with Crippen molar-refractivity contribution in [3.05, 3.63) is 6.33 Å². The molecule has 1 saturated heterocycles. The fraction of sp³-hybridized carbons (Fsp3) is 0.583. The van der Waals surface area contributed by atoms with Crippen LogP contribution in [0.15, 0.2) is 6.33 Å². The van der Waals surface area contributed by atoms with Gasteiger partial charge in [0.25, 0.3) is 0 Å². The van der Waals surface area contributed by atoms with Gasteiger partial charge in [0.2, 0.25) is 5.95 Å². The summed E-state index contributed by atoms with van der Waals surface area (Å²) in [6.07, 6.45) is -1.44. The standard InChI is InChI=1S/C12H16FIN6O2/c1-12(13)7(21)5(3-14)22-10(12)20-4-17-6-8(16-2)18-11(15)19-9(6)20/h4-5,7,10,21H,3H2,1-2H3,(H3,15,16,18,19)/t5?,7-,10-,12-/m1/s1. The molecule has 4 atom stereocenters. The zero-order valence-electron chi connectivity index (χ0n) is 12.0. The third-order valence-electron chi connectivity index (χ3n) is 3.80. The second-order valence-electron chi connectivity index (χ2n) is 5.28. The lowest BCUT2D eigenvalue weighted by atomic mass is 9.99. The average molecular weight is 422 g/mol. The van der Waals surface area contributed by atoms with E-state index in [1.807, 2.05) is 0 Å². The number of nitrogens with two attached hydrogens (primary N) is 1. The fourth-order valence-electron chi connectivity index (χ4n) is 2.62. The lowest BCUT2D eigenvalue weighted by Crippen LogP contribution is -2.40. The normalized spacial score (nSPS) is 31.8. The molecule has 0 radical (unpaired) electrons. The Morgan fingerprint density at radius 2 is 2.32 bits per heavy atom. The van der Waals surface area contributed by atoms with Gasteiger partial charge in [-0.2, -0.15) is 9.97 Å². The van der Waals surface area contributed by atoms with Crippen LogP contribution < -0.4 is 11.1 Å². The number of hydrogen-bond donors (Lipinski definition) is 3. The first kappa shape index (κ1) is 15.6. The molecule has 1 unspecified atom stereocenters. The van der Waals surface area contributed by atoms with E-state index in [-0.39, 0.29) is 5.95 Å². The molecular formula is C12H16FIN6O2. The summed E-state index contributed by atoms with van der Waals surface area (Å²) >= 11 is 2.05. The summed E-state index contributed by atoms with van der Waals surface area (Å²) in [4.78, 5) is 12.4. The largest absolute Gasteiger partial charge is 0.387 e. The zero-order valence-corrected chi connectivity index (χ0v) is 14.2. The first-order chi connectivity index (χ1) is 10.4. The monoisotopic (exact) mass is 422 g/mol. The van der Waals surface area contributed by atoms with Gasteiger partial charge in [0, 0.05) is 11.5 Å². The van der Waals surface area contributed by atoms with Crippen LogP contribution >= 0.6 is 22.6 Å². The van der Waals surface area contributed by atoms with Crippen molar-refractivity contribution in [2.75, 3.05) is 22.5 Å². The minimum Gasteiger partial charge on any atom is -0.387 e. The molecule has 0 aliphatic carbocycles. The highest BCUT2D eigenvalue weighted by Crippen LogP contribution is 2.43. The number of hydrogen-bond acceptors (Lipinski definition) is 7. The van der Waals surface area contributed by atoms with Gasteiger partial charge >= 0.3 is 0 Å². The van der Waals surface area contributed by atoms with Crippen LogP contribution in [0.25, 0.3) is 11.2 Å². The number of nitrogens with one attached hydrogen (secondary N) is 1. The number of alkyl halides is 2. The number of imidazole rings is 1. The Bertz CT molecular complexity index is 708. The quantitative estimate of drug-likeness (QED) is 0.497. The van der Waals surface area contributed by atoms with E-state index in [1.165, 1.54) is 17.8 Å². The molecule has 3 heterocycles. The van der Waals surface area contributed by atoms with Crippen LogP contribution in [0.1, 0.15) is 13.2 Å². The van der Waals surface area contributed by atoms with E-state index in [9.17, 15) is 9.50 Å². The van der Waals surface area contributed by atoms with E-state index in [2.05, 4.69) is 42.9 Å². The molecule has 0 bridgehead atoms. The van der Waals surface area contributed by atoms with Crippen molar-refractivity contribution in [1.82, 2.24) is 19.5 Å². The third kappa shape index (κ3) is 2.20. The Balaban J connectivity index is 2.13. The van der Waals surface area contributed by atoms with Crippen LogP contribution in [0.5, 0.6) is 0 Å². The van der Waals surface area contributed by atoms with Gasteiger partial charge < -0.3 is 20.9 Å². The van der Waals surface area contributed by atoms with Gasteiger partial charge in [0.05, 0.1) is 12.4 Å². The zero-order chi connectivity index (χ0) is 16.1. The number of aromatic nitrogens is 4. The lowest BCUT2D eigenvalue weighted by Gasteiger charge is -2.24. The van der Waals surface area contributed by atoms with Crippen molar-refractivity contribution in [1.29, 1.82) is 0 Å². The van der Waals surface area contributed by atoms with Crippen molar-refractivity contribution in [3.63, 3.8) is 0 Å². The first-order valence-corrected chi connectivity index (χ1v) is 8.19. The molecule has 3 rings (SSSR count). The second kappa shape index (κ2) is 5.42. The third-order valence-corrected chi connectivity index (χ3v) is 4.67. The van der Waals surface area contributed by atoms with Crippen molar-refractivity contribution in [2.24, 2.45) is 0 Å². The topological polar surface area (TPSA) is 111 Å². The van der Waals surface area contributed by atoms with Crippen molar-refractivity contribution >= 4 is 45.5 Å². The molecule has 0 spiro atoms. The molecule has 1 aliphatic rings. The van der Waals surface area contributed by atoms with Crippen LogP contribution in [0.2, 0.25) is 0 Å². The van der Waals surface area contributed by atoms with Crippen LogP contribution in [0, 0.1) is 0 Å². The maximum absolute atomic E-state index is 15.0. The fourth-order valence-corrected chi connectivity index (χ4v) is 3.31. The SMILES string of the molecule is CNc1nc(N)nc2c1ncn2[C@@H]1OC(CI)[C@@H](O)[C@@]1(C)F. The summed E-state index contributed by atoms with van der Waals surface area (Å²) in [5.74, 6) is 0.494. The minimum absolute atomic E-state index is 0.0446. The Hall–Kier alpha value is -1.27. The first-order valence-electron chi connectivity index (χ1n) is 6.66. The summed E-state index contributed by atoms with van der Waals surface area (Å²) in [6.45, 7) is 1.31. The van der Waals surface area contributed by atoms with Gasteiger partial charge in [-0.25, -0.2) is 9.37 Å². The van der Waals surface area contributed by atoms with E-state index in [4.69, 9.17) is 10.5 Å². The lowest BCUT2D eigenvalue weighted by molar-refractivity contribution is -0.0413. The molecule has 2 aromatic rings. The Morgan fingerprint density at radius 1 is 1.59 bits per heavy atom. The van der Waals surface area contributed by atoms with E-state index >= 15 is 0 Å². The molecule has 0 aromatic carbocycles. The van der Waals surface area contributed by atoms with Gasteiger partial charge in [-0.1, -0.05) is 22.6 Å². The number of fused-ring (bicyclic) bond motifs is 1. The minimum atomic E-state index is -1.97. The maximum Gasteiger partial charge on any atom is 0.224 e. The molecule has 22 heavy (non-hydrogen) atoms. The number of nitrogen functional groups attached to an aromatic ring is 1. The van der Waals surface area contributed by atoms with Gasteiger partial charge in [-0.3, -0.25) is 4.57 Å². The molecule has 120 valence electrons. The average Bonchev–Trinajstić information content (AvgIpc) is 2.98. The molecule has 0 amide bonds. The molecule has 1 aliphatic heterocycles. The van der Waals surface area contributed by atoms with Crippen LogP contribution in [0.3, 0.4) is 0 Å². The number of ether oxygens (including phenoxy) is 1. The molecule has 8 nitrogen and oxygen atoms in total. The predicted molar refractivity (Wildman–Crippen MR) is 87.6 cm³/mol. The molecule has 1 fully saturated rings. The number of anilines is 2. The number of rotatable bonds is 3. The van der Waals surface area contributed by atoms with Crippen LogP contribution in [-0.2, 0) is 4.74 Å². The van der Waals surface area contributed by atoms with Gasteiger partial charge in [0.15, 0.2) is 28.9 Å². The summed E-state index contributed by atoms with van der Waals surface area (Å²) in [5, 5.41) is 13.0. The highest BCUT2D eigenvalue weighted by Gasteiger charge is 2.54. The van der Waals surface area contributed by atoms with Crippen LogP contribution in [0.4, 0.5) is 16.2 Å². The van der Waals surface area contributed by atoms with E-state index in [1.54, 1.807) is 7.05 Å². The number of nitrogens with zero attached hydrogens (tertiary/aromatic N) is 4.